The van der Waals surface area contributed by atoms with Crippen LogP contribution in [0.2, 0.25) is 0 Å². The summed E-state index contributed by atoms with van der Waals surface area (Å²) in [6, 6.07) is 50.4. The second-order valence-corrected chi connectivity index (χ2v) is 10.4. The zero-order valence-electron chi connectivity index (χ0n) is 21.9. The molecule has 0 radical (unpaired) electrons. The molecule has 0 atom stereocenters. The van der Waals surface area contributed by atoms with Crippen LogP contribution in [0, 0.1) is 0 Å². The van der Waals surface area contributed by atoms with Crippen LogP contribution in [0.5, 0.6) is 0 Å². The van der Waals surface area contributed by atoms with Gasteiger partial charge in [0.25, 0.3) is 0 Å². The fourth-order valence-electron chi connectivity index (χ4n) is 6.38. The predicted molar refractivity (Wildman–Crippen MR) is 171 cm³/mol. The molecule has 8 aromatic rings. The molecule has 0 saturated carbocycles. The second kappa shape index (κ2) is 9.18. The summed E-state index contributed by atoms with van der Waals surface area (Å²) in [6.07, 6.45) is 3.96. The van der Waals surface area contributed by atoms with E-state index in [1.165, 1.54) is 76.5 Å². The molecule has 0 saturated heterocycles. The molecule has 1 heteroatoms. The number of rotatable bonds is 3. The third kappa shape index (κ3) is 3.52. The molecule has 0 aliphatic carbocycles. The zero-order valence-corrected chi connectivity index (χ0v) is 21.9. The standard InChI is InChI=1S/C39H25N/c1-3-16-30-26(10-1)12-8-20-32(30)28-14-7-15-29(24-28)38-34-18-5-6-19-35(34)39(36-22-23-40-25-37(36)38)33-21-9-13-27-11-2-4-17-31(27)33/h1-25H. The molecule has 0 aliphatic heterocycles. The highest BCUT2D eigenvalue weighted by Gasteiger charge is 2.18. The number of hydrogen-bond acceptors (Lipinski definition) is 1. The van der Waals surface area contributed by atoms with Crippen LogP contribution in [0.1, 0.15) is 0 Å². The maximum atomic E-state index is 4.62. The first kappa shape index (κ1) is 22.7. The Kier molecular flexibility index (Phi) is 5.21. The van der Waals surface area contributed by atoms with E-state index in [0.29, 0.717) is 0 Å². The van der Waals surface area contributed by atoms with Gasteiger partial charge in [-0.15, -0.1) is 0 Å². The van der Waals surface area contributed by atoms with Gasteiger partial charge in [-0.1, -0.05) is 127 Å². The highest BCUT2D eigenvalue weighted by Crippen LogP contribution is 2.45. The van der Waals surface area contributed by atoms with Crippen molar-refractivity contribution in [3.05, 3.63) is 152 Å². The lowest BCUT2D eigenvalue weighted by Crippen LogP contribution is -1.92. The Morgan fingerprint density at radius 3 is 1.62 bits per heavy atom. The van der Waals surface area contributed by atoms with Gasteiger partial charge < -0.3 is 0 Å². The molecule has 1 aromatic heterocycles. The van der Waals surface area contributed by atoms with Crippen molar-refractivity contribution >= 4 is 43.1 Å². The monoisotopic (exact) mass is 507 g/mol. The zero-order chi connectivity index (χ0) is 26.5. The fourth-order valence-corrected chi connectivity index (χ4v) is 6.38. The van der Waals surface area contributed by atoms with Gasteiger partial charge in [0, 0.05) is 17.8 Å². The van der Waals surface area contributed by atoms with Gasteiger partial charge in [-0.3, -0.25) is 4.98 Å². The lowest BCUT2D eigenvalue weighted by Gasteiger charge is -2.19. The Labute approximate surface area is 233 Å². The molecule has 186 valence electrons. The van der Waals surface area contributed by atoms with Crippen molar-refractivity contribution in [1.82, 2.24) is 4.98 Å². The largest absolute Gasteiger partial charge is 0.264 e. The van der Waals surface area contributed by atoms with Crippen molar-refractivity contribution in [3.8, 4) is 33.4 Å². The van der Waals surface area contributed by atoms with Crippen molar-refractivity contribution in [2.45, 2.75) is 0 Å². The second-order valence-electron chi connectivity index (χ2n) is 10.4. The smallest absolute Gasteiger partial charge is 0.0353 e. The van der Waals surface area contributed by atoms with Gasteiger partial charge in [0.05, 0.1) is 0 Å². The van der Waals surface area contributed by atoms with Crippen LogP contribution in [-0.4, -0.2) is 4.98 Å². The van der Waals surface area contributed by atoms with Crippen molar-refractivity contribution in [3.63, 3.8) is 0 Å². The van der Waals surface area contributed by atoms with Crippen LogP contribution in [0.15, 0.2) is 152 Å². The van der Waals surface area contributed by atoms with E-state index in [1.54, 1.807) is 0 Å². The van der Waals surface area contributed by atoms with Crippen molar-refractivity contribution in [2.75, 3.05) is 0 Å². The Bertz CT molecular complexity index is 2160. The molecule has 40 heavy (non-hydrogen) atoms. The van der Waals surface area contributed by atoms with Gasteiger partial charge in [0.2, 0.25) is 0 Å². The van der Waals surface area contributed by atoms with Gasteiger partial charge in [-0.05, 0) is 83.2 Å². The summed E-state index contributed by atoms with van der Waals surface area (Å²) in [6.45, 7) is 0. The van der Waals surface area contributed by atoms with Crippen LogP contribution in [0.4, 0.5) is 0 Å². The van der Waals surface area contributed by atoms with E-state index >= 15 is 0 Å². The summed E-state index contributed by atoms with van der Waals surface area (Å²) in [4.78, 5) is 4.62. The molecule has 0 aliphatic rings. The average Bonchev–Trinajstić information content (AvgIpc) is 3.03. The first-order chi connectivity index (χ1) is 19.9. The summed E-state index contributed by atoms with van der Waals surface area (Å²) < 4.78 is 0. The lowest BCUT2D eigenvalue weighted by molar-refractivity contribution is 1.37. The van der Waals surface area contributed by atoms with E-state index in [-0.39, 0.29) is 0 Å². The summed E-state index contributed by atoms with van der Waals surface area (Å²) in [5.41, 5.74) is 7.40. The first-order valence-corrected chi connectivity index (χ1v) is 13.7. The molecule has 8 rings (SSSR count). The average molecular weight is 508 g/mol. The quantitative estimate of drug-likeness (QED) is 0.217. The number of benzene rings is 7. The van der Waals surface area contributed by atoms with E-state index in [2.05, 4.69) is 145 Å². The minimum atomic E-state index is 1.17. The number of hydrogen-bond donors (Lipinski definition) is 0. The Morgan fingerprint density at radius 2 is 0.875 bits per heavy atom. The first-order valence-electron chi connectivity index (χ1n) is 13.7. The van der Waals surface area contributed by atoms with E-state index in [1.807, 2.05) is 12.4 Å². The van der Waals surface area contributed by atoms with Crippen LogP contribution in [0.25, 0.3) is 76.5 Å². The van der Waals surface area contributed by atoms with Crippen LogP contribution >= 0.6 is 0 Å². The molecule has 1 nitrogen and oxygen atoms in total. The molecule has 0 spiro atoms. The van der Waals surface area contributed by atoms with Gasteiger partial charge in [0.15, 0.2) is 0 Å². The Morgan fingerprint density at radius 1 is 0.350 bits per heavy atom. The highest BCUT2D eigenvalue weighted by atomic mass is 14.6. The van der Waals surface area contributed by atoms with Gasteiger partial charge in [0.1, 0.15) is 0 Å². The molecule has 0 N–H and O–H groups in total. The van der Waals surface area contributed by atoms with Crippen LogP contribution < -0.4 is 0 Å². The minimum Gasteiger partial charge on any atom is -0.264 e. The molecule has 0 fully saturated rings. The summed E-state index contributed by atoms with van der Waals surface area (Å²) in [7, 11) is 0. The topological polar surface area (TPSA) is 12.9 Å². The molecule has 7 aromatic carbocycles. The van der Waals surface area contributed by atoms with Gasteiger partial charge in [-0.25, -0.2) is 0 Å². The Balaban J connectivity index is 1.45. The van der Waals surface area contributed by atoms with E-state index in [0.717, 1.165) is 0 Å². The molecule has 0 bridgehead atoms. The number of fused-ring (bicyclic) bond motifs is 4. The van der Waals surface area contributed by atoms with Crippen LogP contribution in [-0.2, 0) is 0 Å². The minimum absolute atomic E-state index is 1.17. The normalized spacial score (nSPS) is 11.5. The lowest BCUT2D eigenvalue weighted by atomic mass is 9.85. The molecule has 0 unspecified atom stereocenters. The SMILES string of the molecule is c1cc(-c2cccc3ccccc23)cc(-c2c3ccccc3c(-c3cccc4ccccc34)c3ccncc23)c1. The highest BCUT2D eigenvalue weighted by molar-refractivity contribution is 6.23. The van der Waals surface area contributed by atoms with Gasteiger partial charge in [-0.2, -0.15) is 0 Å². The maximum Gasteiger partial charge on any atom is 0.0353 e. The van der Waals surface area contributed by atoms with Crippen molar-refractivity contribution in [2.24, 2.45) is 0 Å². The predicted octanol–water partition coefficient (Wildman–Crippen LogP) is 10.7. The van der Waals surface area contributed by atoms with Crippen molar-refractivity contribution < 1.29 is 0 Å². The van der Waals surface area contributed by atoms with E-state index < -0.39 is 0 Å². The summed E-state index contributed by atoms with van der Waals surface area (Å²) in [5.74, 6) is 0. The molecule has 1 heterocycles. The molecular weight excluding hydrogens is 482 g/mol. The number of pyridine rings is 1. The number of nitrogens with zero attached hydrogens (tertiary/aromatic N) is 1. The molecule has 0 amide bonds. The van der Waals surface area contributed by atoms with E-state index in [4.69, 9.17) is 0 Å². The molecular formula is C39H25N. The summed E-state index contributed by atoms with van der Waals surface area (Å²) >= 11 is 0. The van der Waals surface area contributed by atoms with E-state index in [9.17, 15) is 0 Å². The maximum absolute atomic E-state index is 4.62. The summed E-state index contributed by atoms with van der Waals surface area (Å²) in [5, 5.41) is 9.91. The van der Waals surface area contributed by atoms with Crippen molar-refractivity contribution in [1.29, 1.82) is 0 Å². The third-order valence-corrected chi connectivity index (χ3v) is 8.14. The van der Waals surface area contributed by atoms with Gasteiger partial charge >= 0.3 is 0 Å². The Hall–Kier alpha value is -5.27. The number of aromatic nitrogens is 1. The van der Waals surface area contributed by atoms with Crippen LogP contribution in [0.3, 0.4) is 0 Å². The fraction of sp³-hybridized carbons (Fsp3) is 0. The third-order valence-electron chi connectivity index (χ3n) is 8.14.